The molecule has 1 atom stereocenters. The van der Waals surface area contributed by atoms with Gasteiger partial charge in [-0.2, -0.15) is 0 Å². The van der Waals surface area contributed by atoms with E-state index >= 15 is 0 Å². The van der Waals surface area contributed by atoms with E-state index in [-0.39, 0.29) is 38.4 Å². The topological polar surface area (TPSA) is 78.9 Å². The third kappa shape index (κ3) is 53.5. The van der Waals surface area contributed by atoms with Crippen LogP contribution in [0.2, 0.25) is 0 Å². The SMILES string of the molecule is CC\C=C/C=C\C=C/C=C\C=C\C=C/C=C\CCCCCC(=O)OCC(COC(=O)CC/C=C\C/C=C\C/C=C\C/C=C\C/C=C\CC)OC(=O)CCC/C=C\C/C=C\C/C=C\CCCCCCCC. The Hall–Kier alpha value is -5.49. The van der Waals surface area contributed by atoms with Crippen molar-refractivity contribution < 1.29 is 28.6 Å². The molecule has 0 fully saturated rings. The molecule has 0 aliphatic carbocycles. The quantitative estimate of drug-likeness (QED) is 0.0199. The van der Waals surface area contributed by atoms with Crippen LogP contribution in [-0.2, 0) is 28.6 Å². The molecule has 0 aromatic heterocycles. The molecule has 0 N–H and O–H groups in total. The summed E-state index contributed by atoms with van der Waals surface area (Å²) in [5.74, 6) is -1.15. The van der Waals surface area contributed by atoms with Crippen LogP contribution in [0, 0.1) is 0 Å². The Balaban J connectivity index is 4.72. The first-order valence-electron chi connectivity index (χ1n) is 26.9. The van der Waals surface area contributed by atoms with Crippen LogP contribution in [0.1, 0.15) is 181 Å². The minimum atomic E-state index is -0.865. The molecule has 0 heterocycles. The number of esters is 3. The Kier molecular flexibility index (Phi) is 51.7. The van der Waals surface area contributed by atoms with Crippen molar-refractivity contribution in [2.45, 2.75) is 187 Å². The van der Waals surface area contributed by atoms with E-state index in [1.54, 1.807) is 0 Å². The van der Waals surface area contributed by atoms with Gasteiger partial charge in [-0.1, -0.05) is 242 Å². The molecule has 0 aliphatic rings. The highest BCUT2D eigenvalue weighted by Crippen LogP contribution is 2.10. The molecule has 0 bridgehead atoms. The van der Waals surface area contributed by atoms with Crippen molar-refractivity contribution in [3.8, 4) is 0 Å². The van der Waals surface area contributed by atoms with Crippen molar-refractivity contribution in [2.24, 2.45) is 0 Å². The molecule has 386 valence electrons. The summed E-state index contributed by atoms with van der Waals surface area (Å²) in [4.78, 5) is 38.0. The predicted molar refractivity (Wildman–Crippen MR) is 301 cm³/mol. The Morgan fingerprint density at radius 2 is 0.671 bits per heavy atom. The lowest BCUT2D eigenvalue weighted by Crippen LogP contribution is -2.30. The maximum atomic E-state index is 12.8. The van der Waals surface area contributed by atoms with Crippen molar-refractivity contribution in [3.05, 3.63) is 182 Å². The van der Waals surface area contributed by atoms with E-state index in [2.05, 4.69) is 118 Å². The lowest BCUT2D eigenvalue weighted by molar-refractivity contribution is -0.166. The number of unbranched alkanes of at least 4 members (excludes halogenated alkanes) is 10. The number of allylic oxidation sites excluding steroid dienone is 30. The molecule has 0 saturated carbocycles. The van der Waals surface area contributed by atoms with Gasteiger partial charge in [0.05, 0.1) is 0 Å². The molecular formula is C64H94O6. The lowest BCUT2D eigenvalue weighted by Gasteiger charge is -2.18. The van der Waals surface area contributed by atoms with Crippen molar-refractivity contribution in [1.82, 2.24) is 0 Å². The summed E-state index contributed by atoms with van der Waals surface area (Å²) >= 11 is 0. The van der Waals surface area contributed by atoms with Gasteiger partial charge in [-0.15, -0.1) is 0 Å². The summed E-state index contributed by atoms with van der Waals surface area (Å²) < 4.78 is 16.7. The molecule has 0 rings (SSSR count). The van der Waals surface area contributed by atoms with Crippen LogP contribution in [0.25, 0.3) is 0 Å². The van der Waals surface area contributed by atoms with Gasteiger partial charge in [-0.05, 0) is 103 Å². The molecule has 6 nitrogen and oxygen atoms in total. The van der Waals surface area contributed by atoms with Crippen LogP contribution in [0.15, 0.2) is 182 Å². The van der Waals surface area contributed by atoms with Gasteiger partial charge in [0.25, 0.3) is 0 Å². The zero-order chi connectivity index (χ0) is 50.7. The first kappa shape index (κ1) is 64.5. The van der Waals surface area contributed by atoms with Crippen LogP contribution in [-0.4, -0.2) is 37.2 Å². The molecule has 0 spiro atoms. The van der Waals surface area contributed by atoms with E-state index in [1.165, 1.54) is 38.5 Å². The molecule has 6 heteroatoms. The number of carbonyl (C=O) groups is 3. The Bertz CT molecular complexity index is 1720. The molecule has 70 heavy (non-hydrogen) atoms. The molecule has 0 aromatic carbocycles. The highest BCUT2D eigenvalue weighted by atomic mass is 16.6. The number of carbonyl (C=O) groups excluding carboxylic acids is 3. The molecule has 0 saturated heterocycles. The van der Waals surface area contributed by atoms with E-state index in [4.69, 9.17) is 14.2 Å². The smallest absolute Gasteiger partial charge is 0.306 e. The van der Waals surface area contributed by atoms with E-state index in [0.29, 0.717) is 19.3 Å². The standard InChI is InChI=1S/C64H94O6/c1-4-7-10-13-16-19-22-25-28-31-32-34-36-39-42-45-48-51-54-57-63(66)69-60-61(59-68-62(65)56-53-50-47-44-41-38-35-30-27-24-21-18-15-12-9-6-3)70-64(67)58-55-52-49-46-43-40-37-33-29-26-23-20-17-14-11-8-5-2/h7,9-10,12-13,16,18-19,21-22,25-32,34,36-42,46-47,49-50,61H,4-6,8,11,14-15,17,20,23-24,33,35,43-45,48,51-60H2,1-3H3/b10-7-,12-9-,16-13-,21-18-,22-19-,28-25-,29-26-,30-27-,32-31+,36-34-,40-37-,41-38-,42-39-,49-46-,50-47-. The summed E-state index contributed by atoms with van der Waals surface area (Å²) in [6, 6.07) is 0. The minimum absolute atomic E-state index is 0.155. The van der Waals surface area contributed by atoms with Gasteiger partial charge in [0, 0.05) is 19.3 Å². The average molecular weight is 959 g/mol. The van der Waals surface area contributed by atoms with Crippen molar-refractivity contribution >= 4 is 17.9 Å². The normalized spacial score (nSPS) is 13.6. The molecule has 0 aliphatic heterocycles. The third-order valence-electron chi connectivity index (χ3n) is 10.3. The fraction of sp³-hybridized carbons (Fsp3) is 0.484. The lowest BCUT2D eigenvalue weighted by atomic mass is 10.1. The number of ether oxygens (including phenoxy) is 3. The Morgan fingerprint density at radius 3 is 1.17 bits per heavy atom. The fourth-order valence-corrected chi connectivity index (χ4v) is 6.37. The molecule has 0 radical (unpaired) electrons. The third-order valence-corrected chi connectivity index (χ3v) is 10.3. The first-order valence-corrected chi connectivity index (χ1v) is 26.9. The van der Waals surface area contributed by atoms with E-state index in [0.717, 1.165) is 83.5 Å². The zero-order valence-electron chi connectivity index (χ0n) is 43.9. The van der Waals surface area contributed by atoms with E-state index < -0.39 is 18.0 Å². The zero-order valence-corrected chi connectivity index (χ0v) is 43.9. The summed E-state index contributed by atoms with van der Waals surface area (Å²) in [5, 5.41) is 0. The maximum absolute atomic E-state index is 12.8. The van der Waals surface area contributed by atoms with Gasteiger partial charge in [0.15, 0.2) is 6.10 Å². The number of hydrogen-bond donors (Lipinski definition) is 0. The summed E-state index contributed by atoms with van der Waals surface area (Å²) in [6.45, 7) is 6.19. The molecule has 0 amide bonds. The number of rotatable bonds is 45. The van der Waals surface area contributed by atoms with Gasteiger partial charge in [0.2, 0.25) is 0 Å². The van der Waals surface area contributed by atoms with Crippen LogP contribution in [0.4, 0.5) is 0 Å². The van der Waals surface area contributed by atoms with Gasteiger partial charge in [0.1, 0.15) is 13.2 Å². The monoisotopic (exact) mass is 959 g/mol. The van der Waals surface area contributed by atoms with Gasteiger partial charge < -0.3 is 14.2 Å². The Morgan fingerprint density at radius 1 is 0.314 bits per heavy atom. The highest BCUT2D eigenvalue weighted by molar-refractivity contribution is 5.71. The minimum Gasteiger partial charge on any atom is -0.462 e. The van der Waals surface area contributed by atoms with Gasteiger partial charge >= 0.3 is 17.9 Å². The largest absolute Gasteiger partial charge is 0.462 e. The van der Waals surface area contributed by atoms with E-state index in [9.17, 15) is 14.4 Å². The van der Waals surface area contributed by atoms with E-state index in [1.807, 2.05) is 85.1 Å². The number of hydrogen-bond acceptors (Lipinski definition) is 6. The predicted octanol–water partition coefficient (Wildman–Crippen LogP) is 18.1. The van der Waals surface area contributed by atoms with Crippen LogP contribution < -0.4 is 0 Å². The molecule has 0 aromatic rings. The second-order valence-corrected chi connectivity index (χ2v) is 16.8. The second-order valence-electron chi connectivity index (χ2n) is 16.8. The summed E-state index contributed by atoms with van der Waals surface area (Å²) in [5.41, 5.74) is 0. The van der Waals surface area contributed by atoms with Crippen molar-refractivity contribution in [1.29, 1.82) is 0 Å². The average Bonchev–Trinajstić information content (AvgIpc) is 3.36. The van der Waals surface area contributed by atoms with Gasteiger partial charge in [-0.3, -0.25) is 14.4 Å². The van der Waals surface area contributed by atoms with Crippen LogP contribution >= 0.6 is 0 Å². The van der Waals surface area contributed by atoms with Crippen molar-refractivity contribution in [3.63, 3.8) is 0 Å². The maximum Gasteiger partial charge on any atom is 0.306 e. The molecular weight excluding hydrogens is 865 g/mol. The highest BCUT2D eigenvalue weighted by Gasteiger charge is 2.19. The van der Waals surface area contributed by atoms with Crippen LogP contribution in [0.5, 0.6) is 0 Å². The fourth-order valence-electron chi connectivity index (χ4n) is 6.37. The molecule has 1 unspecified atom stereocenters. The Labute approximate surface area is 427 Å². The van der Waals surface area contributed by atoms with Crippen molar-refractivity contribution in [2.75, 3.05) is 13.2 Å². The van der Waals surface area contributed by atoms with Crippen LogP contribution in [0.3, 0.4) is 0 Å². The first-order chi connectivity index (χ1) is 34.5. The van der Waals surface area contributed by atoms with Gasteiger partial charge in [-0.25, -0.2) is 0 Å². The summed E-state index contributed by atoms with van der Waals surface area (Å²) in [6.07, 6.45) is 84.6. The second kappa shape index (κ2) is 56.1. The summed E-state index contributed by atoms with van der Waals surface area (Å²) in [7, 11) is 0.